The van der Waals surface area contributed by atoms with Crippen LogP contribution in [0.25, 0.3) is 11.3 Å². The number of pyridine rings is 1. The molecule has 2 aromatic heterocycles. The summed E-state index contributed by atoms with van der Waals surface area (Å²) >= 11 is 0. The van der Waals surface area contributed by atoms with Crippen LogP contribution >= 0.6 is 0 Å². The van der Waals surface area contributed by atoms with Gasteiger partial charge in [0, 0.05) is 25.7 Å². The van der Waals surface area contributed by atoms with Crippen molar-refractivity contribution in [1.82, 2.24) is 14.8 Å². The molecule has 1 fully saturated rings. The highest BCUT2D eigenvalue weighted by Gasteiger charge is 2.22. The van der Waals surface area contributed by atoms with Gasteiger partial charge in [-0.05, 0) is 43.5 Å². The lowest BCUT2D eigenvalue weighted by Gasteiger charge is -2.29. The summed E-state index contributed by atoms with van der Waals surface area (Å²) in [6, 6.07) is 9.47. The molecular formula is C21H23FN6O. The van der Waals surface area contributed by atoms with Crippen LogP contribution in [0.2, 0.25) is 0 Å². The number of nitrogens with zero attached hydrogens (tertiary/aromatic N) is 4. The first-order valence-corrected chi connectivity index (χ1v) is 9.64. The average molecular weight is 394 g/mol. The lowest BCUT2D eigenvalue weighted by atomic mass is 10.1. The van der Waals surface area contributed by atoms with Gasteiger partial charge in [0.1, 0.15) is 11.5 Å². The van der Waals surface area contributed by atoms with Crippen molar-refractivity contribution < 1.29 is 9.18 Å². The van der Waals surface area contributed by atoms with E-state index in [0.717, 1.165) is 31.7 Å². The zero-order chi connectivity index (χ0) is 20.4. The lowest BCUT2D eigenvalue weighted by Crippen LogP contribution is -2.32. The Morgan fingerprint density at radius 2 is 1.90 bits per heavy atom. The minimum Gasteiger partial charge on any atom is -0.397 e. The third-order valence-electron chi connectivity index (χ3n) is 5.10. The molecule has 1 amide bonds. The maximum Gasteiger partial charge on any atom is 0.276 e. The van der Waals surface area contributed by atoms with Gasteiger partial charge in [0.2, 0.25) is 0 Å². The predicted molar refractivity (Wildman–Crippen MR) is 111 cm³/mol. The van der Waals surface area contributed by atoms with E-state index in [1.165, 1.54) is 12.5 Å². The summed E-state index contributed by atoms with van der Waals surface area (Å²) in [5, 5.41) is 7.18. The number of aryl methyl sites for hydroxylation is 1. The first-order chi connectivity index (χ1) is 14.0. The highest BCUT2D eigenvalue weighted by molar-refractivity contribution is 6.07. The number of nitrogens with two attached hydrogens (primary N) is 1. The molecule has 29 heavy (non-hydrogen) atoms. The Morgan fingerprint density at radius 1 is 1.14 bits per heavy atom. The van der Waals surface area contributed by atoms with Crippen LogP contribution in [-0.4, -0.2) is 33.8 Å². The number of nitrogens with one attached hydrogen (secondary N) is 1. The molecule has 0 aliphatic carbocycles. The number of benzene rings is 1. The van der Waals surface area contributed by atoms with Crippen LogP contribution in [0.3, 0.4) is 0 Å². The molecule has 1 aliphatic heterocycles. The molecule has 7 nitrogen and oxygen atoms in total. The molecular weight excluding hydrogens is 371 g/mol. The van der Waals surface area contributed by atoms with Gasteiger partial charge in [0.15, 0.2) is 11.5 Å². The van der Waals surface area contributed by atoms with E-state index in [1.807, 2.05) is 7.05 Å². The van der Waals surface area contributed by atoms with Crippen LogP contribution < -0.4 is 16.0 Å². The second-order valence-corrected chi connectivity index (χ2v) is 7.12. The van der Waals surface area contributed by atoms with Crippen molar-refractivity contribution in [3.63, 3.8) is 0 Å². The fraction of sp³-hybridized carbons (Fsp3) is 0.286. The smallest absolute Gasteiger partial charge is 0.276 e. The topological polar surface area (TPSA) is 89.1 Å². The van der Waals surface area contributed by atoms with Crippen molar-refractivity contribution in [2.75, 3.05) is 29.0 Å². The molecule has 0 saturated carbocycles. The Labute approximate surface area is 168 Å². The summed E-state index contributed by atoms with van der Waals surface area (Å²) in [7, 11) is 1.85. The third kappa shape index (κ3) is 3.78. The van der Waals surface area contributed by atoms with Crippen LogP contribution in [-0.2, 0) is 7.05 Å². The van der Waals surface area contributed by atoms with E-state index < -0.39 is 11.7 Å². The van der Waals surface area contributed by atoms with Gasteiger partial charge in [-0.3, -0.25) is 9.48 Å². The van der Waals surface area contributed by atoms with Gasteiger partial charge in [0.05, 0.1) is 17.6 Å². The predicted octanol–water partition coefficient (Wildman–Crippen LogP) is 3.45. The summed E-state index contributed by atoms with van der Waals surface area (Å²) < 4.78 is 15.9. The number of nitrogen functional groups attached to an aromatic ring is 1. The second kappa shape index (κ2) is 7.90. The molecule has 0 radical (unpaired) electrons. The Morgan fingerprint density at radius 3 is 2.66 bits per heavy atom. The molecule has 3 aromatic rings. The van der Waals surface area contributed by atoms with E-state index in [2.05, 4.69) is 20.3 Å². The number of aromatic nitrogens is 3. The van der Waals surface area contributed by atoms with Gasteiger partial charge < -0.3 is 16.0 Å². The van der Waals surface area contributed by atoms with Crippen LogP contribution in [0.1, 0.15) is 29.8 Å². The molecule has 150 valence electrons. The molecule has 0 unspecified atom stereocenters. The average Bonchev–Trinajstić information content (AvgIpc) is 3.09. The SMILES string of the molecule is Cn1ncc(NC(=O)c2nc(-c3ccccc3F)ccc2N)c1N1CCCCC1. The van der Waals surface area contributed by atoms with E-state index in [-0.39, 0.29) is 11.4 Å². The number of rotatable bonds is 4. The molecule has 3 N–H and O–H groups in total. The number of hydrogen-bond donors (Lipinski definition) is 2. The van der Waals surface area contributed by atoms with Crippen molar-refractivity contribution >= 4 is 23.1 Å². The number of carbonyl (C=O) groups excluding carboxylic acids is 1. The molecule has 8 heteroatoms. The van der Waals surface area contributed by atoms with Crippen LogP contribution in [0.5, 0.6) is 0 Å². The Balaban J connectivity index is 1.63. The standard InChI is InChI=1S/C21H23FN6O/c1-27-21(28-11-5-2-6-12-28)18(13-24-27)26-20(29)19-16(23)9-10-17(25-19)14-7-3-4-8-15(14)22/h3-4,7-10,13H,2,5-6,11-12,23H2,1H3,(H,26,29). The van der Waals surface area contributed by atoms with Gasteiger partial charge in [-0.2, -0.15) is 5.10 Å². The van der Waals surface area contributed by atoms with Crippen molar-refractivity contribution in [3.8, 4) is 11.3 Å². The summed E-state index contributed by atoms with van der Waals surface area (Å²) in [4.78, 5) is 19.5. The minimum absolute atomic E-state index is 0.0548. The zero-order valence-electron chi connectivity index (χ0n) is 16.2. The number of hydrogen-bond acceptors (Lipinski definition) is 5. The van der Waals surface area contributed by atoms with Crippen molar-refractivity contribution in [2.45, 2.75) is 19.3 Å². The van der Waals surface area contributed by atoms with E-state index in [0.29, 0.717) is 16.9 Å². The molecule has 3 heterocycles. The van der Waals surface area contributed by atoms with Crippen molar-refractivity contribution in [2.24, 2.45) is 7.05 Å². The number of halogens is 1. The van der Waals surface area contributed by atoms with Crippen LogP contribution in [0, 0.1) is 5.82 Å². The van der Waals surface area contributed by atoms with E-state index in [1.54, 1.807) is 41.2 Å². The molecule has 1 aliphatic rings. The van der Waals surface area contributed by atoms with E-state index >= 15 is 0 Å². The van der Waals surface area contributed by atoms with Crippen LogP contribution in [0.4, 0.5) is 21.6 Å². The van der Waals surface area contributed by atoms with E-state index in [4.69, 9.17) is 5.73 Å². The lowest BCUT2D eigenvalue weighted by molar-refractivity contribution is 0.102. The summed E-state index contributed by atoms with van der Waals surface area (Å²) in [5.74, 6) is 0.00426. The largest absolute Gasteiger partial charge is 0.397 e. The molecule has 4 rings (SSSR count). The highest BCUT2D eigenvalue weighted by atomic mass is 19.1. The van der Waals surface area contributed by atoms with Crippen molar-refractivity contribution in [1.29, 1.82) is 0 Å². The number of anilines is 3. The summed E-state index contributed by atoms with van der Waals surface area (Å²) in [5.41, 5.74) is 7.56. The first kappa shape index (κ1) is 18.9. The monoisotopic (exact) mass is 394 g/mol. The van der Waals surface area contributed by atoms with E-state index in [9.17, 15) is 9.18 Å². The summed E-state index contributed by atoms with van der Waals surface area (Å²) in [6.45, 7) is 1.84. The molecule has 0 spiro atoms. The number of carbonyl (C=O) groups is 1. The van der Waals surface area contributed by atoms with Gasteiger partial charge in [0.25, 0.3) is 5.91 Å². The fourth-order valence-corrected chi connectivity index (χ4v) is 3.65. The summed E-state index contributed by atoms with van der Waals surface area (Å²) in [6.07, 6.45) is 5.05. The molecule has 1 aromatic carbocycles. The highest BCUT2D eigenvalue weighted by Crippen LogP contribution is 2.29. The Kier molecular flexibility index (Phi) is 5.16. The molecule has 0 atom stereocenters. The number of piperidine rings is 1. The normalized spacial score (nSPS) is 14.1. The van der Waals surface area contributed by atoms with Gasteiger partial charge in [-0.25, -0.2) is 9.37 Å². The first-order valence-electron chi connectivity index (χ1n) is 9.64. The quantitative estimate of drug-likeness (QED) is 0.708. The fourth-order valence-electron chi connectivity index (χ4n) is 3.65. The number of amides is 1. The van der Waals surface area contributed by atoms with Gasteiger partial charge >= 0.3 is 0 Å². The minimum atomic E-state index is -0.452. The maximum atomic E-state index is 14.1. The Bertz CT molecular complexity index is 1040. The molecule has 1 saturated heterocycles. The van der Waals surface area contributed by atoms with Crippen LogP contribution in [0.15, 0.2) is 42.6 Å². The maximum absolute atomic E-state index is 14.1. The van der Waals surface area contributed by atoms with Gasteiger partial charge in [-0.1, -0.05) is 12.1 Å². The zero-order valence-corrected chi connectivity index (χ0v) is 16.2. The molecule has 0 bridgehead atoms. The van der Waals surface area contributed by atoms with Crippen molar-refractivity contribution in [3.05, 3.63) is 54.1 Å². The Hall–Kier alpha value is -3.42. The van der Waals surface area contributed by atoms with Gasteiger partial charge in [-0.15, -0.1) is 0 Å². The third-order valence-corrected chi connectivity index (χ3v) is 5.10. The second-order valence-electron chi connectivity index (χ2n) is 7.12.